The minimum atomic E-state index is -1.47. The first-order valence-electron chi connectivity index (χ1n) is 12.5. The number of carbonyl (C=O) groups is 4. The smallest absolute Gasteiger partial charge is 0.316 e. The number of fused-ring (bicyclic) bond motifs is 1. The number of likely N-dealkylation sites (N-methyl/N-ethyl adjacent to an activating group) is 1. The maximum atomic E-state index is 13.1. The highest BCUT2D eigenvalue weighted by Gasteiger charge is 2.74. The molecule has 0 unspecified atom stereocenters. The molecule has 202 valence electrons. The number of hydrogen-bond acceptors (Lipinski definition) is 9. The van der Waals surface area contributed by atoms with Crippen molar-refractivity contribution in [1.29, 1.82) is 0 Å². The van der Waals surface area contributed by atoms with Gasteiger partial charge in [-0.1, -0.05) is 31.6 Å². The Morgan fingerprint density at radius 3 is 2.46 bits per heavy atom. The summed E-state index contributed by atoms with van der Waals surface area (Å²) in [5.74, 6) is -4.83. The van der Waals surface area contributed by atoms with Gasteiger partial charge in [-0.3, -0.25) is 19.2 Å². The zero-order valence-corrected chi connectivity index (χ0v) is 22.3. The van der Waals surface area contributed by atoms with E-state index in [1.165, 1.54) is 25.1 Å². The largest absolute Gasteiger partial charge is 0.507 e. The van der Waals surface area contributed by atoms with Crippen LogP contribution in [0.2, 0.25) is 0 Å². The summed E-state index contributed by atoms with van der Waals surface area (Å²) in [4.78, 5) is 51.3. The summed E-state index contributed by atoms with van der Waals surface area (Å²) in [7, 11) is 2.80. The van der Waals surface area contributed by atoms with Crippen LogP contribution in [0.5, 0.6) is 0 Å². The molecule has 4 rings (SSSR count). The second kappa shape index (κ2) is 9.49. The number of likely N-dealkylation sites (tertiary alicyclic amines) is 1. The number of aliphatic hydroxyl groups is 1. The molecule has 0 aromatic carbocycles. The molecular weight excluding hydrogens is 482 g/mol. The second-order valence-electron chi connectivity index (χ2n) is 10.8. The minimum Gasteiger partial charge on any atom is -0.507 e. The van der Waals surface area contributed by atoms with Crippen LogP contribution < -0.4 is 0 Å². The number of ether oxygens (including phenoxy) is 4. The Morgan fingerprint density at radius 2 is 1.86 bits per heavy atom. The molecule has 4 saturated heterocycles. The Bertz CT molecular complexity index is 1120. The second-order valence-corrected chi connectivity index (χ2v) is 10.8. The molecule has 37 heavy (non-hydrogen) atoms. The third-order valence-corrected chi connectivity index (χ3v) is 7.98. The predicted octanol–water partition coefficient (Wildman–Crippen LogP) is 2.03. The van der Waals surface area contributed by atoms with Crippen LogP contribution in [0.15, 0.2) is 35.1 Å². The molecule has 4 fully saturated rings. The van der Waals surface area contributed by atoms with Crippen LogP contribution in [0.4, 0.5) is 0 Å². The van der Waals surface area contributed by atoms with Gasteiger partial charge in [-0.05, 0) is 26.8 Å². The van der Waals surface area contributed by atoms with E-state index in [-0.39, 0.29) is 41.9 Å². The van der Waals surface area contributed by atoms with Gasteiger partial charge in [-0.15, -0.1) is 0 Å². The highest BCUT2D eigenvalue weighted by molar-refractivity contribution is 6.25. The summed E-state index contributed by atoms with van der Waals surface area (Å²) in [6, 6.07) is 0. The molecule has 0 aliphatic carbocycles. The van der Waals surface area contributed by atoms with Gasteiger partial charge in [0.2, 0.25) is 5.79 Å². The fraction of sp³-hybridized carbons (Fsp3) is 0.630. The number of rotatable bonds is 5. The number of hydrogen-bond donors (Lipinski definition) is 1. The van der Waals surface area contributed by atoms with Crippen molar-refractivity contribution in [2.75, 3.05) is 20.7 Å². The lowest BCUT2D eigenvalue weighted by atomic mass is 9.73. The van der Waals surface area contributed by atoms with Gasteiger partial charge in [-0.2, -0.15) is 0 Å². The molecule has 0 radical (unpaired) electrons. The molecule has 2 bridgehead atoms. The van der Waals surface area contributed by atoms with Gasteiger partial charge in [-0.25, -0.2) is 0 Å². The standard InChI is InChI=1S/C27H35NO9/c1-13(8-9-17(29)20-19(31)12-28(6)24(20)32)10-14(2)22-15(3)23-18(30)11-26(5)27(36-22,37-23)21(16(4)35-26)25(33)34-7/h8-10,14-16,21-23,29H,11-12H2,1-7H3/b9-8+,13-10+,20-17-/t14-,15-,16-,21-,22-,23-,26+,27+/m1/s1. The van der Waals surface area contributed by atoms with Crippen LogP contribution in [-0.4, -0.2) is 83.9 Å². The average molecular weight is 518 g/mol. The molecule has 10 heteroatoms. The Balaban J connectivity index is 1.62. The van der Waals surface area contributed by atoms with Gasteiger partial charge < -0.3 is 29.0 Å². The Labute approximate surface area is 216 Å². The quantitative estimate of drug-likeness (QED) is 0.191. The normalized spacial score (nSPS) is 40.3. The molecule has 4 aliphatic heterocycles. The van der Waals surface area contributed by atoms with Crippen molar-refractivity contribution in [3.8, 4) is 0 Å². The SMILES string of the molecule is COC(=O)[C@H]1[C@@H](C)O[C@@]2(C)CC(=O)[C@@H]3O[C@@]12O[C@H]([C@H](C)/C=C(C)/C=C/C(O)=C1\C(=O)CN(C)C1=O)[C@H]3C. The van der Waals surface area contributed by atoms with Crippen LogP contribution in [-0.2, 0) is 38.1 Å². The molecule has 1 N–H and O–H groups in total. The molecule has 4 heterocycles. The fourth-order valence-electron chi connectivity index (χ4n) is 6.20. The van der Waals surface area contributed by atoms with E-state index in [0.717, 1.165) is 5.57 Å². The number of ketones is 2. The average Bonchev–Trinajstić information content (AvgIpc) is 3.20. The van der Waals surface area contributed by atoms with E-state index < -0.39 is 53.3 Å². The predicted molar refractivity (Wildman–Crippen MR) is 130 cm³/mol. The van der Waals surface area contributed by atoms with Gasteiger partial charge in [0.1, 0.15) is 29.0 Å². The first kappa shape index (κ1) is 27.2. The van der Waals surface area contributed by atoms with Crippen molar-refractivity contribution < 1.29 is 43.2 Å². The molecular formula is C27H35NO9. The van der Waals surface area contributed by atoms with Gasteiger partial charge in [0.25, 0.3) is 5.91 Å². The molecule has 8 atom stereocenters. The number of allylic oxidation sites excluding steroid dienone is 3. The van der Waals surface area contributed by atoms with E-state index in [1.54, 1.807) is 19.9 Å². The summed E-state index contributed by atoms with van der Waals surface area (Å²) in [6.45, 7) is 9.05. The lowest BCUT2D eigenvalue weighted by molar-refractivity contribution is -0.387. The minimum absolute atomic E-state index is 0.0631. The van der Waals surface area contributed by atoms with Crippen molar-refractivity contribution in [2.24, 2.45) is 17.8 Å². The van der Waals surface area contributed by atoms with Crippen molar-refractivity contribution in [3.63, 3.8) is 0 Å². The number of methoxy groups -OCH3 is 1. The van der Waals surface area contributed by atoms with Gasteiger partial charge >= 0.3 is 5.97 Å². The summed E-state index contributed by atoms with van der Waals surface area (Å²) in [5.41, 5.74) is -0.637. The summed E-state index contributed by atoms with van der Waals surface area (Å²) in [6.07, 6.45) is 3.07. The van der Waals surface area contributed by atoms with E-state index in [2.05, 4.69) is 0 Å². The molecule has 1 amide bonds. The van der Waals surface area contributed by atoms with Gasteiger partial charge in [0.05, 0.1) is 25.9 Å². The Morgan fingerprint density at radius 1 is 1.19 bits per heavy atom. The lowest BCUT2D eigenvalue weighted by Gasteiger charge is -2.56. The maximum Gasteiger partial charge on any atom is 0.316 e. The maximum absolute atomic E-state index is 13.1. The van der Waals surface area contributed by atoms with Crippen molar-refractivity contribution >= 4 is 23.4 Å². The molecule has 4 aliphatic rings. The summed E-state index contributed by atoms with van der Waals surface area (Å²) in [5, 5.41) is 10.3. The van der Waals surface area contributed by atoms with E-state index in [1.807, 2.05) is 26.8 Å². The van der Waals surface area contributed by atoms with Gasteiger partial charge in [0, 0.05) is 25.3 Å². The monoisotopic (exact) mass is 517 g/mol. The number of Topliss-reactive ketones (excluding diaryl/α,β-unsaturated/α-hetero) is 2. The summed E-state index contributed by atoms with van der Waals surface area (Å²) < 4.78 is 24.1. The zero-order valence-electron chi connectivity index (χ0n) is 22.3. The number of carbonyl (C=O) groups excluding carboxylic acids is 4. The highest BCUT2D eigenvalue weighted by Crippen LogP contribution is 2.57. The lowest BCUT2D eigenvalue weighted by Crippen LogP contribution is -2.71. The number of aliphatic hydroxyl groups excluding tert-OH is 1. The number of amides is 1. The van der Waals surface area contributed by atoms with E-state index in [0.29, 0.717) is 0 Å². The zero-order chi connectivity index (χ0) is 27.4. The van der Waals surface area contributed by atoms with Crippen LogP contribution in [0, 0.1) is 17.8 Å². The van der Waals surface area contributed by atoms with E-state index in [9.17, 15) is 24.3 Å². The van der Waals surface area contributed by atoms with Crippen molar-refractivity contribution in [1.82, 2.24) is 4.90 Å². The van der Waals surface area contributed by atoms with E-state index in [4.69, 9.17) is 18.9 Å². The molecule has 10 nitrogen and oxygen atoms in total. The Kier molecular flexibility index (Phi) is 6.98. The van der Waals surface area contributed by atoms with Crippen molar-refractivity contribution in [3.05, 3.63) is 35.1 Å². The molecule has 0 aromatic rings. The fourth-order valence-corrected chi connectivity index (χ4v) is 6.20. The molecule has 0 saturated carbocycles. The Hall–Kier alpha value is -2.82. The van der Waals surface area contributed by atoms with Crippen LogP contribution in [0.1, 0.15) is 41.0 Å². The van der Waals surface area contributed by atoms with Crippen molar-refractivity contribution in [2.45, 2.75) is 70.7 Å². The summed E-state index contributed by atoms with van der Waals surface area (Å²) >= 11 is 0. The third kappa shape index (κ3) is 4.24. The molecule has 1 spiro atoms. The third-order valence-electron chi connectivity index (χ3n) is 7.98. The first-order chi connectivity index (χ1) is 17.3. The molecule has 0 aromatic heterocycles. The van der Waals surface area contributed by atoms with Crippen LogP contribution in [0.3, 0.4) is 0 Å². The topological polar surface area (TPSA) is 129 Å². The van der Waals surface area contributed by atoms with E-state index >= 15 is 0 Å². The highest BCUT2D eigenvalue weighted by atomic mass is 16.8. The first-order valence-corrected chi connectivity index (χ1v) is 12.5. The van der Waals surface area contributed by atoms with Gasteiger partial charge in [0.15, 0.2) is 11.6 Å². The number of nitrogens with zero attached hydrogens (tertiary/aromatic N) is 1. The van der Waals surface area contributed by atoms with Crippen LogP contribution in [0.25, 0.3) is 0 Å². The number of esters is 1. The van der Waals surface area contributed by atoms with Crippen LogP contribution >= 0.6 is 0 Å².